The number of nitriles is 1. The van der Waals surface area contributed by atoms with Crippen LogP contribution in [0.25, 0.3) is 0 Å². The van der Waals surface area contributed by atoms with Crippen LogP contribution in [0.1, 0.15) is 68.7 Å². The Hall–Kier alpha value is -2.30. The molecule has 0 radical (unpaired) electrons. The molecule has 0 aromatic heterocycles. The molecule has 2 heterocycles. The van der Waals surface area contributed by atoms with E-state index in [1.54, 1.807) is 0 Å². The smallest absolute Gasteiger partial charge is 0.317 e. The van der Waals surface area contributed by atoms with Gasteiger partial charge < -0.3 is 25.0 Å². The maximum absolute atomic E-state index is 12.7. The van der Waals surface area contributed by atoms with Crippen LogP contribution in [0.4, 0.5) is 10.5 Å². The van der Waals surface area contributed by atoms with Crippen molar-refractivity contribution >= 4 is 11.7 Å². The number of rotatable bonds is 5. The van der Waals surface area contributed by atoms with E-state index in [0.717, 1.165) is 23.2 Å². The normalized spacial score (nSPS) is 22.5. The number of hydrogen-bond donors (Lipinski definition) is 2. The van der Waals surface area contributed by atoms with Crippen molar-refractivity contribution in [1.82, 2.24) is 10.2 Å². The Morgan fingerprint density at radius 2 is 2.09 bits per heavy atom. The number of aliphatic hydroxyl groups is 1. The number of piperazine rings is 1. The summed E-state index contributed by atoms with van der Waals surface area (Å²) >= 11 is 0. The first-order chi connectivity index (χ1) is 15.3. The molecule has 174 valence electrons. The number of anilines is 1. The molecule has 2 fully saturated rings. The Kier molecular flexibility index (Phi) is 6.37. The molecule has 2 aliphatic heterocycles. The van der Waals surface area contributed by atoms with Crippen LogP contribution in [-0.2, 0) is 17.8 Å². The lowest BCUT2D eigenvalue weighted by molar-refractivity contribution is -0.0405. The van der Waals surface area contributed by atoms with E-state index < -0.39 is 0 Å². The van der Waals surface area contributed by atoms with Gasteiger partial charge in [-0.2, -0.15) is 5.26 Å². The van der Waals surface area contributed by atoms with E-state index in [4.69, 9.17) is 9.84 Å². The minimum Gasteiger partial charge on any atom is -0.395 e. The summed E-state index contributed by atoms with van der Waals surface area (Å²) in [5, 5.41) is 22.1. The van der Waals surface area contributed by atoms with Crippen LogP contribution in [0.5, 0.6) is 0 Å². The zero-order chi connectivity index (χ0) is 23.0. The molecule has 1 saturated carbocycles. The molecule has 1 aliphatic carbocycles. The number of nitrogens with zero attached hydrogens (tertiary/aromatic N) is 3. The van der Waals surface area contributed by atoms with E-state index in [0.29, 0.717) is 32.2 Å². The van der Waals surface area contributed by atoms with Gasteiger partial charge in [-0.05, 0) is 61.3 Å². The second-order valence-electron chi connectivity index (χ2n) is 10.3. The summed E-state index contributed by atoms with van der Waals surface area (Å²) < 4.78 is 6.12. The minimum absolute atomic E-state index is 0.0363. The predicted octanol–water partition coefficient (Wildman–Crippen LogP) is 3.14. The van der Waals surface area contributed by atoms with Gasteiger partial charge in [-0.25, -0.2) is 4.79 Å². The number of carbonyl (C=O) groups is 1. The molecular formula is C25H36N4O3. The Labute approximate surface area is 191 Å². The van der Waals surface area contributed by atoms with Gasteiger partial charge in [-0.15, -0.1) is 0 Å². The van der Waals surface area contributed by atoms with Crippen molar-refractivity contribution in [1.29, 1.82) is 5.26 Å². The van der Waals surface area contributed by atoms with E-state index in [1.165, 1.54) is 24.0 Å². The molecule has 0 spiro atoms. The molecule has 4 rings (SSSR count). The average Bonchev–Trinajstić information content (AvgIpc) is 3.60. The molecular weight excluding hydrogens is 404 g/mol. The fourth-order valence-electron chi connectivity index (χ4n) is 5.14. The standard InChI is InChI=1S/C25H36N4O3/c1-16(2)23-14-28(8-9-29(23)24(31)27-7-10-30)22-11-18(17-5-6-17)21-15-32-25(3,4)12-19(21)20(22)13-26/h11,16-17,23,30H,5-10,12,14-15H2,1-4H3,(H,27,31). The number of amides is 2. The number of ether oxygens (including phenoxy) is 1. The predicted molar refractivity (Wildman–Crippen MR) is 124 cm³/mol. The SMILES string of the molecule is CC(C)C1CN(c2cc(C3CC3)c3c(c2C#N)CC(C)(C)OC3)CCN1C(=O)NCCO. The van der Waals surface area contributed by atoms with E-state index >= 15 is 0 Å². The molecule has 1 saturated heterocycles. The molecule has 1 atom stereocenters. The quantitative estimate of drug-likeness (QED) is 0.734. The molecule has 7 nitrogen and oxygen atoms in total. The summed E-state index contributed by atoms with van der Waals surface area (Å²) in [7, 11) is 0. The van der Waals surface area contributed by atoms with Crippen LogP contribution in [0.3, 0.4) is 0 Å². The summed E-state index contributed by atoms with van der Waals surface area (Å²) in [4.78, 5) is 16.9. The van der Waals surface area contributed by atoms with Crippen molar-refractivity contribution in [2.75, 3.05) is 37.7 Å². The second-order valence-corrected chi connectivity index (χ2v) is 10.3. The zero-order valence-electron chi connectivity index (χ0n) is 19.8. The monoisotopic (exact) mass is 440 g/mol. The molecule has 0 bridgehead atoms. The summed E-state index contributed by atoms with van der Waals surface area (Å²) in [5.41, 5.74) is 5.27. The third-order valence-electron chi connectivity index (χ3n) is 7.08. The second kappa shape index (κ2) is 8.92. The number of urea groups is 1. The van der Waals surface area contributed by atoms with Gasteiger partial charge in [-0.1, -0.05) is 13.8 Å². The highest BCUT2D eigenvalue weighted by Gasteiger charge is 2.38. The van der Waals surface area contributed by atoms with E-state index in [1.807, 2.05) is 4.90 Å². The number of aliphatic hydroxyl groups excluding tert-OH is 1. The Morgan fingerprint density at radius 3 is 2.72 bits per heavy atom. The molecule has 1 aromatic rings. The molecule has 1 unspecified atom stereocenters. The van der Waals surface area contributed by atoms with Crippen LogP contribution in [-0.4, -0.2) is 60.5 Å². The van der Waals surface area contributed by atoms with Gasteiger partial charge in [-0.3, -0.25) is 0 Å². The van der Waals surface area contributed by atoms with Gasteiger partial charge in [0, 0.05) is 32.6 Å². The molecule has 1 aromatic carbocycles. The summed E-state index contributed by atoms with van der Waals surface area (Å²) in [5.74, 6) is 0.850. The highest BCUT2D eigenvalue weighted by atomic mass is 16.5. The lowest BCUT2D eigenvalue weighted by atomic mass is 9.83. The third-order valence-corrected chi connectivity index (χ3v) is 7.08. The van der Waals surface area contributed by atoms with E-state index in [-0.39, 0.29) is 36.7 Å². The number of nitrogens with one attached hydrogen (secondary N) is 1. The summed E-state index contributed by atoms with van der Waals surface area (Å²) in [6.45, 7) is 11.2. The van der Waals surface area contributed by atoms with Gasteiger partial charge >= 0.3 is 6.03 Å². The molecule has 2 N–H and O–H groups in total. The topological polar surface area (TPSA) is 88.8 Å². The van der Waals surface area contributed by atoms with Gasteiger partial charge in [0.25, 0.3) is 0 Å². The van der Waals surface area contributed by atoms with Crippen LogP contribution in [0, 0.1) is 17.2 Å². The van der Waals surface area contributed by atoms with Crippen molar-refractivity contribution in [3.63, 3.8) is 0 Å². The van der Waals surface area contributed by atoms with Crippen molar-refractivity contribution < 1.29 is 14.6 Å². The average molecular weight is 441 g/mol. The number of fused-ring (bicyclic) bond motifs is 1. The fraction of sp³-hybridized carbons (Fsp3) is 0.680. The molecule has 32 heavy (non-hydrogen) atoms. The summed E-state index contributed by atoms with van der Waals surface area (Å²) in [6.07, 6.45) is 3.15. The van der Waals surface area contributed by atoms with Gasteiger partial charge in [0.05, 0.1) is 36.1 Å². The van der Waals surface area contributed by atoms with Crippen molar-refractivity contribution in [3.8, 4) is 6.07 Å². The van der Waals surface area contributed by atoms with E-state index in [2.05, 4.69) is 50.0 Å². The molecule has 7 heteroatoms. The van der Waals surface area contributed by atoms with Crippen LogP contribution in [0.2, 0.25) is 0 Å². The van der Waals surface area contributed by atoms with E-state index in [9.17, 15) is 10.1 Å². The molecule has 3 aliphatic rings. The van der Waals surface area contributed by atoms with Crippen LogP contribution >= 0.6 is 0 Å². The first kappa shape index (κ1) is 22.9. The highest BCUT2D eigenvalue weighted by Crippen LogP contribution is 2.47. The Morgan fingerprint density at radius 1 is 1.34 bits per heavy atom. The molecule has 2 amide bonds. The zero-order valence-corrected chi connectivity index (χ0v) is 19.8. The Balaban J connectivity index is 1.68. The maximum atomic E-state index is 12.7. The van der Waals surface area contributed by atoms with Gasteiger partial charge in [0.2, 0.25) is 0 Å². The number of benzene rings is 1. The number of hydrogen-bond acceptors (Lipinski definition) is 5. The summed E-state index contributed by atoms with van der Waals surface area (Å²) in [6, 6.07) is 4.69. The van der Waals surface area contributed by atoms with Crippen LogP contribution in [0.15, 0.2) is 6.07 Å². The minimum atomic E-state index is -0.276. The fourth-order valence-corrected chi connectivity index (χ4v) is 5.14. The third kappa shape index (κ3) is 4.44. The first-order valence-electron chi connectivity index (χ1n) is 11.9. The highest BCUT2D eigenvalue weighted by molar-refractivity contribution is 5.75. The first-order valence-corrected chi connectivity index (χ1v) is 11.9. The Bertz CT molecular complexity index is 917. The van der Waals surface area contributed by atoms with Crippen molar-refractivity contribution in [2.24, 2.45) is 5.92 Å². The number of carbonyl (C=O) groups excluding carboxylic acids is 1. The van der Waals surface area contributed by atoms with Crippen molar-refractivity contribution in [3.05, 3.63) is 28.3 Å². The maximum Gasteiger partial charge on any atom is 0.317 e. The van der Waals surface area contributed by atoms with Crippen molar-refractivity contribution in [2.45, 2.75) is 71.1 Å². The van der Waals surface area contributed by atoms with Crippen LogP contribution < -0.4 is 10.2 Å². The lowest BCUT2D eigenvalue weighted by Gasteiger charge is -2.45. The van der Waals surface area contributed by atoms with Gasteiger partial charge in [0.1, 0.15) is 6.07 Å². The van der Waals surface area contributed by atoms with Gasteiger partial charge in [0.15, 0.2) is 0 Å². The lowest BCUT2D eigenvalue weighted by Crippen LogP contribution is -2.59. The largest absolute Gasteiger partial charge is 0.395 e.